The Labute approximate surface area is 148 Å². The molecule has 4 nitrogen and oxygen atoms in total. The average Bonchev–Trinajstić information content (AvgIpc) is 2.87. The third-order valence-corrected chi connectivity index (χ3v) is 6.47. The number of carbonyl (C=O) groups is 1. The Morgan fingerprint density at radius 1 is 1.39 bits per heavy atom. The van der Waals surface area contributed by atoms with Crippen LogP contribution in [0.3, 0.4) is 0 Å². The SMILES string of the molecule is COC(=O)c1c(CSC2CCCCC2)c2c(Br)cccc2n1O. The average molecular weight is 398 g/mol. The van der Waals surface area contributed by atoms with Crippen molar-refractivity contribution in [3.05, 3.63) is 33.9 Å². The summed E-state index contributed by atoms with van der Waals surface area (Å²) >= 11 is 5.42. The van der Waals surface area contributed by atoms with Crippen LogP contribution in [0.5, 0.6) is 0 Å². The summed E-state index contributed by atoms with van der Waals surface area (Å²) in [5.41, 5.74) is 1.70. The highest BCUT2D eigenvalue weighted by atomic mass is 79.9. The first kappa shape index (κ1) is 16.7. The molecule has 0 radical (unpaired) electrons. The van der Waals surface area contributed by atoms with E-state index in [-0.39, 0.29) is 5.69 Å². The van der Waals surface area contributed by atoms with Crippen molar-refractivity contribution in [1.29, 1.82) is 0 Å². The Bertz CT molecular complexity index is 722. The third-order valence-electron chi connectivity index (χ3n) is 4.41. The summed E-state index contributed by atoms with van der Waals surface area (Å²) in [6.07, 6.45) is 6.36. The number of aromatic nitrogens is 1. The molecule has 6 heteroatoms. The molecular formula is C17H20BrNO3S. The largest absolute Gasteiger partial charge is 0.464 e. The van der Waals surface area contributed by atoms with Gasteiger partial charge in [0.1, 0.15) is 0 Å². The van der Waals surface area contributed by atoms with Crippen LogP contribution in [0.1, 0.15) is 48.2 Å². The number of methoxy groups -OCH3 is 1. The molecule has 0 bridgehead atoms. The van der Waals surface area contributed by atoms with E-state index in [2.05, 4.69) is 15.9 Å². The van der Waals surface area contributed by atoms with E-state index in [0.717, 1.165) is 20.2 Å². The summed E-state index contributed by atoms with van der Waals surface area (Å²) in [5, 5.41) is 11.9. The van der Waals surface area contributed by atoms with E-state index in [9.17, 15) is 10.0 Å². The van der Waals surface area contributed by atoms with Crippen LogP contribution in [0.25, 0.3) is 10.9 Å². The van der Waals surface area contributed by atoms with E-state index < -0.39 is 5.97 Å². The minimum Gasteiger partial charge on any atom is -0.464 e. The quantitative estimate of drug-likeness (QED) is 0.582. The van der Waals surface area contributed by atoms with Gasteiger partial charge in [0.15, 0.2) is 5.69 Å². The van der Waals surface area contributed by atoms with Crippen molar-refractivity contribution in [2.75, 3.05) is 7.11 Å². The van der Waals surface area contributed by atoms with Crippen LogP contribution in [0.4, 0.5) is 0 Å². The Hall–Kier alpha value is -1.14. The molecule has 1 aromatic carbocycles. The van der Waals surface area contributed by atoms with E-state index in [1.807, 2.05) is 23.9 Å². The molecule has 124 valence electrons. The van der Waals surface area contributed by atoms with E-state index in [1.165, 1.54) is 39.2 Å². The molecule has 0 unspecified atom stereocenters. The second-order valence-electron chi connectivity index (χ2n) is 5.84. The summed E-state index contributed by atoms with van der Waals surface area (Å²) in [4.78, 5) is 12.2. The first-order chi connectivity index (χ1) is 11.1. The van der Waals surface area contributed by atoms with Gasteiger partial charge >= 0.3 is 5.97 Å². The molecule has 3 rings (SSSR count). The number of hydrogen-bond acceptors (Lipinski definition) is 4. The van der Waals surface area contributed by atoms with Crippen molar-refractivity contribution in [2.24, 2.45) is 0 Å². The molecular weight excluding hydrogens is 378 g/mol. The Morgan fingerprint density at radius 2 is 2.13 bits per heavy atom. The van der Waals surface area contributed by atoms with Crippen LogP contribution in [0.15, 0.2) is 22.7 Å². The Morgan fingerprint density at radius 3 is 2.83 bits per heavy atom. The number of hydrogen-bond donors (Lipinski definition) is 1. The minimum absolute atomic E-state index is 0.234. The van der Waals surface area contributed by atoms with Gasteiger partial charge in [-0.25, -0.2) is 4.79 Å². The van der Waals surface area contributed by atoms with Gasteiger partial charge in [-0.1, -0.05) is 41.3 Å². The van der Waals surface area contributed by atoms with Crippen LogP contribution in [0, 0.1) is 0 Å². The molecule has 1 aliphatic rings. The zero-order valence-corrected chi connectivity index (χ0v) is 15.5. The zero-order chi connectivity index (χ0) is 16.4. The number of benzene rings is 1. The van der Waals surface area contributed by atoms with Gasteiger partial charge in [0, 0.05) is 26.4 Å². The number of esters is 1. The minimum atomic E-state index is -0.505. The lowest BCUT2D eigenvalue weighted by molar-refractivity contribution is 0.0552. The van der Waals surface area contributed by atoms with Crippen molar-refractivity contribution >= 4 is 44.6 Å². The second kappa shape index (κ2) is 7.18. The van der Waals surface area contributed by atoms with E-state index in [1.54, 1.807) is 6.07 Å². The molecule has 0 aliphatic heterocycles. The fourth-order valence-corrected chi connectivity index (χ4v) is 5.18. The van der Waals surface area contributed by atoms with Crippen molar-refractivity contribution in [1.82, 2.24) is 4.73 Å². The lowest BCUT2D eigenvalue weighted by Crippen LogP contribution is -2.12. The Balaban J connectivity index is 2.00. The van der Waals surface area contributed by atoms with Crippen LogP contribution in [-0.2, 0) is 10.5 Å². The summed E-state index contributed by atoms with van der Waals surface area (Å²) in [5.74, 6) is 0.191. The van der Waals surface area contributed by atoms with Gasteiger partial charge in [0.2, 0.25) is 0 Å². The van der Waals surface area contributed by atoms with Crippen molar-refractivity contribution in [2.45, 2.75) is 43.1 Å². The van der Waals surface area contributed by atoms with E-state index in [4.69, 9.17) is 4.74 Å². The van der Waals surface area contributed by atoms with Gasteiger partial charge in [-0.05, 0) is 25.0 Å². The lowest BCUT2D eigenvalue weighted by atomic mass is 10.0. The van der Waals surface area contributed by atoms with Gasteiger partial charge in [-0.15, -0.1) is 0 Å². The Kier molecular flexibility index (Phi) is 5.21. The molecule has 2 aromatic rings. The fourth-order valence-electron chi connectivity index (χ4n) is 3.23. The molecule has 0 saturated heterocycles. The third kappa shape index (κ3) is 3.24. The molecule has 1 aromatic heterocycles. The van der Waals surface area contributed by atoms with E-state index >= 15 is 0 Å². The maximum absolute atomic E-state index is 12.2. The second-order valence-corrected chi connectivity index (χ2v) is 7.98. The van der Waals surface area contributed by atoms with Crippen LogP contribution in [0.2, 0.25) is 0 Å². The van der Waals surface area contributed by atoms with E-state index in [0.29, 0.717) is 16.5 Å². The fraction of sp³-hybridized carbons (Fsp3) is 0.471. The highest BCUT2D eigenvalue weighted by Gasteiger charge is 2.26. The standard InChI is InChI=1S/C17H20BrNO3S/c1-22-17(20)16-12(10-23-11-6-3-2-4-7-11)15-13(18)8-5-9-14(15)19(16)21/h5,8-9,11,21H,2-4,6-7,10H2,1H3. The zero-order valence-electron chi connectivity index (χ0n) is 13.0. The molecule has 23 heavy (non-hydrogen) atoms. The van der Waals surface area contributed by atoms with Crippen LogP contribution >= 0.6 is 27.7 Å². The molecule has 1 N–H and O–H groups in total. The number of fused-ring (bicyclic) bond motifs is 1. The number of thioether (sulfide) groups is 1. The molecule has 1 heterocycles. The number of carbonyl (C=O) groups excluding carboxylic acids is 1. The maximum atomic E-state index is 12.2. The smallest absolute Gasteiger partial charge is 0.358 e. The van der Waals surface area contributed by atoms with Crippen molar-refractivity contribution < 1.29 is 14.7 Å². The van der Waals surface area contributed by atoms with Gasteiger partial charge in [-0.2, -0.15) is 16.5 Å². The lowest BCUT2D eigenvalue weighted by Gasteiger charge is -2.21. The summed E-state index contributed by atoms with van der Waals surface area (Å²) < 4.78 is 6.72. The summed E-state index contributed by atoms with van der Waals surface area (Å²) in [6, 6.07) is 5.58. The maximum Gasteiger partial charge on any atom is 0.358 e. The first-order valence-corrected chi connectivity index (χ1v) is 9.68. The van der Waals surface area contributed by atoms with Gasteiger partial charge in [-0.3, -0.25) is 0 Å². The normalized spacial score (nSPS) is 15.9. The summed E-state index contributed by atoms with van der Waals surface area (Å²) in [6.45, 7) is 0. The van der Waals surface area contributed by atoms with Crippen LogP contribution in [-0.4, -0.2) is 28.3 Å². The van der Waals surface area contributed by atoms with Gasteiger partial charge in [0.05, 0.1) is 12.6 Å². The number of halogens is 1. The predicted molar refractivity (Wildman–Crippen MR) is 96.3 cm³/mol. The summed E-state index contributed by atoms with van der Waals surface area (Å²) in [7, 11) is 1.34. The highest BCUT2D eigenvalue weighted by Crippen LogP contribution is 2.37. The monoisotopic (exact) mass is 397 g/mol. The highest BCUT2D eigenvalue weighted by molar-refractivity contribution is 9.10. The number of ether oxygens (including phenoxy) is 1. The molecule has 1 fully saturated rings. The first-order valence-electron chi connectivity index (χ1n) is 7.84. The topological polar surface area (TPSA) is 51.5 Å². The predicted octanol–water partition coefficient (Wildman–Crippen LogP) is 4.99. The van der Waals surface area contributed by atoms with Gasteiger partial charge < -0.3 is 9.94 Å². The number of nitrogens with zero attached hydrogens (tertiary/aromatic N) is 1. The molecule has 0 amide bonds. The molecule has 0 spiro atoms. The van der Waals surface area contributed by atoms with Crippen molar-refractivity contribution in [3.63, 3.8) is 0 Å². The van der Waals surface area contributed by atoms with Crippen LogP contribution < -0.4 is 0 Å². The molecule has 0 atom stereocenters. The van der Waals surface area contributed by atoms with Crippen molar-refractivity contribution in [3.8, 4) is 0 Å². The number of rotatable bonds is 4. The van der Waals surface area contributed by atoms with Gasteiger partial charge in [0.25, 0.3) is 0 Å². The molecule has 1 saturated carbocycles. The molecule has 1 aliphatic carbocycles.